The number of hydrogen-bond donors (Lipinski definition) is 2. The molecule has 1 aliphatic rings. The van der Waals surface area contributed by atoms with Crippen LogP contribution in [0.1, 0.15) is 53.5 Å². The molecule has 86 valence electrons. The summed E-state index contributed by atoms with van der Waals surface area (Å²) in [5.41, 5.74) is -0.484. The Morgan fingerprint density at radius 3 is 2.56 bits per heavy atom. The molecule has 1 heterocycles. The standard InChI is InChI=1S/C11H14N2O3/c1-6-8(11(15)16)10(14)13-9(12-6)7-4-2-3-5-7/h7H,2-5H2,1H3,(H,15,16)(H,12,13,14). The van der Waals surface area contributed by atoms with E-state index in [4.69, 9.17) is 5.11 Å². The summed E-state index contributed by atoms with van der Waals surface area (Å²) in [6.45, 7) is 1.57. The minimum absolute atomic E-state index is 0.248. The Bertz CT molecular complexity index is 473. The predicted octanol–water partition coefficient (Wildman–Crippen LogP) is 1.43. The van der Waals surface area contributed by atoms with Gasteiger partial charge in [0.2, 0.25) is 0 Å². The normalized spacial score (nSPS) is 16.6. The summed E-state index contributed by atoms with van der Waals surface area (Å²) in [5.74, 6) is -0.288. The van der Waals surface area contributed by atoms with Gasteiger partial charge in [0, 0.05) is 5.92 Å². The maximum Gasteiger partial charge on any atom is 0.343 e. The fraction of sp³-hybridized carbons (Fsp3) is 0.545. The summed E-state index contributed by atoms with van der Waals surface area (Å²) >= 11 is 0. The number of aromatic amines is 1. The van der Waals surface area contributed by atoms with Gasteiger partial charge in [0.05, 0.1) is 5.69 Å². The quantitative estimate of drug-likeness (QED) is 0.793. The third-order valence-electron chi connectivity index (χ3n) is 3.07. The molecule has 1 saturated carbocycles. The van der Waals surface area contributed by atoms with Gasteiger partial charge in [-0.15, -0.1) is 0 Å². The summed E-state index contributed by atoms with van der Waals surface area (Å²) in [5, 5.41) is 8.84. The molecule has 1 aromatic heterocycles. The van der Waals surface area contributed by atoms with Gasteiger partial charge in [0.25, 0.3) is 5.56 Å². The number of carbonyl (C=O) groups is 1. The smallest absolute Gasteiger partial charge is 0.343 e. The van der Waals surface area contributed by atoms with Crippen molar-refractivity contribution in [1.29, 1.82) is 0 Å². The van der Waals surface area contributed by atoms with Crippen LogP contribution in [-0.4, -0.2) is 21.0 Å². The average Bonchev–Trinajstić information content (AvgIpc) is 2.67. The number of rotatable bonds is 2. The van der Waals surface area contributed by atoms with Crippen molar-refractivity contribution in [1.82, 2.24) is 9.97 Å². The number of aromatic nitrogens is 2. The van der Waals surface area contributed by atoms with Crippen LogP contribution in [0.5, 0.6) is 0 Å². The number of H-pyrrole nitrogens is 1. The first-order valence-electron chi connectivity index (χ1n) is 5.43. The fourth-order valence-electron chi connectivity index (χ4n) is 2.25. The van der Waals surface area contributed by atoms with Crippen LogP contribution in [-0.2, 0) is 0 Å². The second-order valence-electron chi connectivity index (χ2n) is 4.20. The summed E-state index contributed by atoms with van der Waals surface area (Å²) in [7, 11) is 0. The molecule has 16 heavy (non-hydrogen) atoms. The van der Waals surface area contributed by atoms with Gasteiger partial charge in [0.1, 0.15) is 11.4 Å². The van der Waals surface area contributed by atoms with Crippen LogP contribution in [0.2, 0.25) is 0 Å². The van der Waals surface area contributed by atoms with E-state index in [1.54, 1.807) is 6.92 Å². The highest BCUT2D eigenvalue weighted by atomic mass is 16.4. The zero-order valence-corrected chi connectivity index (χ0v) is 9.12. The molecule has 0 amide bonds. The molecule has 0 atom stereocenters. The number of hydrogen-bond acceptors (Lipinski definition) is 3. The van der Waals surface area contributed by atoms with E-state index in [1.165, 1.54) is 0 Å². The maximum absolute atomic E-state index is 11.6. The van der Waals surface area contributed by atoms with Gasteiger partial charge in [-0.1, -0.05) is 12.8 Å². The van der Waals surface area contributed by atoms with Crippen molar-refractivity contribution < 1.29 is 9.90 Å². The average molecular weight is 222 g/mol. The molecule has 2 N–H and O–H groups in total. The maximum atomic E-state index is 11.6. The molecule has 0 aromatic carbocycles. The van der Waals surface area contributed by atoms with Crippen molar-refractivity contribution in [3.8, 4) is 0 Å². The second kappa shape index (κ2) is 4.08. The zero-order valence-electron chi connectivity index (χ0n) is 9.12. The number of carboxylic acids is 1. The first-order valence-corrected chi connectivity index (χ1v) is 5.43. The molecule has 0 saturated heterocycles. The number of aryl methyl sites for hydroxylation is 1. The molecule has 0 bridgehead atoms. The lowest BCUT2D eigenvalue weighted by molar-refractivity contribution is 0.0693. The first kappa shape index (κ1) is 10.9. The molecular weight excluding hydrogens is 208 g/mol. The molecule has 0 unspecified atom stereocenters. The van der Waals surface area contributed by atoms with Crippen LogP contribution in [0.25, 0.3) is 0 Å². The summed E-state index contributed by atoms with van der Waals surface area (Å²) < 4.78 is 0. The molecule has 5 heteroatoms. The molecule has 1 aliphatic carbocycles. The van der Waals surface area contributed by atoms with E-state index in [9.17, 15) is 9.59 Å². The number of carboxylic acid groups (broad SMARTS) is 1. The fourth-order valence-corrected chi connectivity index (χ4v) is 2.25. The van der Waals surface area contributed by atoms with Crippen LogP contribution in [0.15, 0.2) is 4.79 Å². The Hall–Kier alpha value is -1.65. The van der Waals surface area contributed by atoms with E-state index >= 15 is 0 Å². The van der Waals surface area contributed by atoms with E-state index in [0.717, 1.165) is 25.7 Å². The predicted molar refractivity (Wildman–Crippen MR) is 57.8 cm³/mol. The number of nitrogens with zero attached hydrogens (tertiary/aromatic N) is 1. The van der Waals surface area contributed by atoms with E-state index in [2.05, 4.69) is 9.97 Å². The van der Waals surface area contributed by atoms with Crippen LogP contribution >= 0.6 is 0 Å². The Kier molecular flexibility index (Phi) is 2.77. The third kappa shape index (κ3) is 1.85. The van der Waals surface area contributed by atoms with Crippen molar-refractivity contribution in [2.75, 3.05) is 0 Å². The van der Waals surface area contributed by atoms with E-state index in [-0.39, 0.29) is 11.5 Å². The Labute approximate surface area is 92.5 Å². The molecular formula is C11H14N2O3. The van der Waals surface area contributed by atoms with Gasteiger partial charge < -0.3 is 10.1 Å². The molecule has 0 aliphatic heterocycles. The highest BCUT2D eigenvalue weighted by Gasteiger charge is 2.22. The van der Waals surface area contributed by atoms with Crippen molar-refractivity contribution >= 4 is 5.97 Å². The van der Waals surface area contributed by atoms with Crippen molar-refractivity contribution in [3.63, 3.8) is 0 Å². The molecule has 5 nitrogen and oxygen atoms in total. The van der Waals surface area contributed by atoms with Gasteiger partial charge in [-0.3, -0.25) is 4.79 Å². The largest absolute Gasteiger partial charge is 0.477 e. The van der Waals surface area contributed by atoms with Crippen LogP contribution < -0.4 is 5.56 Å². The van der Waals surface area contributed by atoms with E-state index in [0.29, 0.717) is 11.5 Å². The highest BCUT2D eigenvalue weighted by molar-refractivity contribution is 5.88. The highest BCUT2D eigenvalue weighted by Crippen LogP contribution is 2.31. The van der Waals surface area contributed by atoms with E-state index < -0.39 is 11.5 Å². The first-order chi connectivity index (χ1) is 7.59. The minimum Gasteiger partial charge on any atom is -0.477 e. The lowest BCUT2D eigenvalue weighted by Gasteiger charge is -2.09. The number of nitrogens with one attached hydrogen (secondary N) is 1. The number of aromatic carboxylic acids is 1. The van der Waals surface area contributed by atoms with Gasteiger partial charge in [-0.25, -0.2) is 9.78 Å². The lowest BCUT2D eigenvalue weighted by atomic mass is 10.1. The SMILES string of the molecule is Cc1nc(C2CCCC2)[nH]c(=O)c1C(=O)O. The molecule has 0 spiro atoms. The van der Waals surface area contributed by atoms with Gasteiger partial charge in [0.15, 0.2) is 0 Å². The monoisotopic (exact) mass is 222 g/mol. The van der Waals surface area contributed by atoms with Gasteiger partial charge in [-0.2, -0.15) is 0 Å². The summed E-state index contributed by atoms with van der Waals surface area (Å²) in [6, 6.07) is 0. The lowest BCUT2D eigenvalue weighted by Crippen LogP contribution is -2.23. The van der Waals surface area contributed by atoms with Crippen molar-refractivity contribution in [2.45, 2.75) is 38.5 Å². The summed E-state index contributed by atoms with van der Waals surface area (Å²) in [4.78, 5) is 29.2. The van der Waals surface area contributed by atoms with Crippen LogP contribution in [0, 0.1) is 6.92 Å². The van der Waals surface area contributed by atoms with Crippen LogP contribution in [0.4, 0.5) is 0 Å². The topological polar surface area (TPSA) is 83.0 Å². The van der Waals surface area contributed by atoms with Crippen molar-refractivity contribution in [3.05, 3.63) is 27.4 Å². The Balaban J connectivity index is 2.44. The third-order valence-corrected chi connectivity index (χ3v) is 3.07. The minimum atomic E-state index is -1.22. The van der Waals surface area contributed by atoms with E-state index in [1.807, 2.05) is 0 Å². The molecule has 1 aromatic rings. The Morgan fingerprint density at radius 2 is 2.06 bits per heavy atom. The van der Waals surface area contributed by atoms with Gasteiger partial charge in [-0.05, 0) is 19.8 Å². The Morgan fingerprint density at radius 1 is 1.44 bits per heavy atom. The molecule has 2 rings (SSSR count). The second-order valence-corrected chi connectivity index (χ2v) is 4.20. The zero-order chi connectivity index (χ0) is 11.7. The van der Waals surface area contributed by atoms with Crippen molar-refractivity contribution in [2.24, 2.45) is 0 Å². The molecule has 1 fully saturated rings. The van der Waals surface area contributed by atoms with Crippen LogP contribution in [0.3, 0.4) is 0 Å². The molecule has 0 radical (unpaired) electrons. The van der Waals surface area contributed by atoms with Gasteiger partial charge >= 0.3 is 5.97 Å². The summed E-state index contributed by atoms with van der Waals surface area (Å²) in [6.07, 6.45) is 4.34.